The molecule has 0 bridgehead atoms. The Morgan fingerprint density at radius 2 is 1.86 bits per heavy atom. The van der Waals surface area contributed by atoms with Gasteiger partial charge in [-0.3, -0.25) is 9.48 Å². The minimum Gasteiger partial charge on any atom is -0.497 e. The second-order valence-electron chi connectivity index (χ2n) is 6.27. The van der Waals surface area contributed by atoms with Crippen molar-refractivity contribution in [2.75, 3.05) is 12.4 Å². The second kappa shape index (κ2) is 8.26. The Morgan fingerprint density at radius 3 is 2.45 bits per heavy atom. The molecule has 0 aliphatic heterocycles. The van der Waals surface area contributed by atoms with Gasteiger partial charge in [-0.15, -0.1) is 0 Å². The molecular weight excluding hydrogens is 414 g/mol. The van der Waals surface area contributed by atoms with Gasteiger partial charge in [0.25, 0.3) is 5.91 Å². The van der Waals surface area contributed by atoms with Crippen molar-refractivity contribution in [1.82, 2.24) is 9.78 Å². The molecule has 0 radical (unpaired) electrons. The van der Waals surface area contributed by atoms with Gasteiger partial charge >= 0.3 is 0 Å². The van der Waals surface area contributed by atoms with E-state index in [-0.39, 0.29) is 15.7 Å². The number of rotatable bonds is 6. The van der Waals surface area contributed by atoms with Crippen LogP contribution in [0.15, 0.2) is 58.5 Å². The Bertz CT molecular complexity index is 1150. The summed E-state index contributed by atoms with van der Waals surface area (Å²) in [5.41, 5.74) is 1.43. The van der Waals surface area contributed by atoms with E-state index in [1.807, 2.05) is 6.92 Å². The van der Waals surface area contributed by atoms with Crippen molar-refractivity contribution in [2.45, 2.75) is 30.2 Å². The van der Waals surface area contributed by atoms with Crippen molar-refractivity contribution in [3.05, 3.63) is 64.9 Å². The molecule has 0 fully saturated rings. The first kappa shape index (κ1) is 20.9. The van der Waals surface area contributed by atoms with Crippen LogP contribution in [-0.2, 0) is 16.4 Å². The SMILES string of the molecule is CCn1ncc(C(=O)Nc2cc(OC)cc(S(=O)(=O)c3ccc(Cl)cc3)c2)c1C. The lowest BCUT2D eigenvalue weighted by Gasteiger charge is -2.11. The van der Waals surface area contributed by atoms with Crippen LogP contribution in [0.25, 0.3) is 0 Å². The number of methoxy groups -OCH3 is 1. The lowest BCUT2D eigenvalue weighted by Crippen LogP contribution is -2.14. The number of amides is 1. The summed E-state index contributed by atoms with van der Waals surface area (Å²) in [7, 11) is -2.40. The van der Waals surface area contributed by atoms with E-state index in [0.717, 1.165) is 5.69 Å². The Balaban J connectivity index is 1.97. The number of halogens is 1. The van der Waals surface area contributed by atoms with E-state index in [1.54, 1.807) is 17.7 Å². The van der Waals surface area contributed by atoms with E-state index in [9.17, 15) is 13.2 Å². The third-order valence-electron chi connectivity index (χ3n) is 4.46. The molecule has 0 spiro atoms. The fraction of sp³-hybridized carbons (Fsp3) is 0.200. The van der Waals surface area contributed by atoms with Crippen molar-refractivity contribution < 1.29 is 17.9 Å². The van der Waals surface area contributed by atoms with Gasteiger partial charge in [-0.25, -0.2) is 8.42 Å². The molecule has 1 aromatic heterocycles. The topological polar surface area (TPSA) is 90.3 Å². The van der Waals surface area contributed by atoms with Crippen LogP contribution in [-0.4, -0.2) is 31.2 Å². The summed E-state index contributed by atoms with van der Waals surface area (Å²) in [5, 5.41) is 7.32. The molecule has 152 valence electrons. The fourth-order valence-electron chi connectivity index (χ4n) is 2.85. The third-order valence-corrected chi connectivity index (χ3v) is 6.46. The van der Waals surface area contributed by atoms with Crippen LogP contribution in [0.2, 0.25) is 5.02 Å². The number of sulfone groups is 1. The van der Waals surface area contributed by atoms with Gasteiger partial charge in [-0.1, -0.05) is 11.6 Å². The maximum Gasteiger partial charge on any atom is 0.259 e. The molecule has 0 unspecified atom stereocenters. The van der Waals surface area contributed by atoms with Crippen LogP contribution in [0, 0.1) is 6.92 Å². The maximum atomic E-state index is 13.0. The molecule has 1 N–H and O–H groups in total. The second-order valence-corrected chi connectivity index (χ2v) is 8.65. The molecule has 0 atom stereocenters. The zero-order chi connectivity index (χ0) is 21.2. The van der Waals surface area contributed by atoms with Gasteiger partial charge in [-0.2, -0.15) is 5.10 Å². The largest absolute Gasteiger partial charge is 0.497 e. The van der Waals surface area contributed by atoms with Crippen molar-refractivity contribution >= 4 is 33.0 Å². The molecule has 3 aromatic rings. The first-order valence-corrected chi connectivity index (χ1v) is 10.7. The molecule has 9 heteroatoms. The molecular formula is C20H20ClN3O4S. The van der Waals surface area contributed by atoms with E-state index >= 15 is 0 Å². The summed E-state index contributed by atoms with van der Waals surface area (Å²) in [6.45, 7) is 4.37. The number of carbonyl (C=O) groups is 1. The quantitative estimate of drug-likeness (QED) is 0.635. The van der Waals surface area contributed by atoms with E-state index in [1.165, 1.54) is 49.7 Å². The number of nitrogens with zero attached hydrogens (tertiary/aromatic N) is 2. The highest BCUT2D eigenvalue weighted by Crippen LogP contribution is 2.29. The molecule has 3 rings (SSSR count). The van der Waals surface area contributed by atoms with Crippen molar-refractivity contribution in [2.24, 2.45) is 0 Å². The Labute approximate surface area is 174 Å². The summed E-state index contributed by atoms with van der Waals surface area (Å²) < 4.78 is 32.9. The smallest absolute Gasteiger partial charge is 0.259 e. The van der Waals surface area contributed by atoms with Crippen LogP contribution < -0.4 is 10.1 Å². The van der Waals surface area contributed by atoms with E-state index in [4.69, 9.17) is 16.3 Å². The van der Waals surface area contributed by atoms with Gasteiger partial charge in [0, 0.05) is 29.0 Å². The van der Waals surface area contributed by atoms with Crippen LogP contribution in [0.3, 0.4) is 0 Å². The lowest BCUT2D eigenvalue weighted by molar-refractivity contribution is 0.102. The zero-order valence-electron chi connectivity index (χ0n) is 16.1. The van der Waals surface area contributed by atoms with Crippen LogP contribution in [0.5, 0.6) is 5.75 Å². The number of carbonyl (C=O) groups excluding carboxylic acids is 1. The number of nitrogens with one attached hydrogen (secondary N) is 1. The fourth-order valence-corrected chi connectivity index (χ4v) is 4.30. The standard InChI is InChI=1S/C20H20ClN3O4S/c1-4-24-13(2)19(12-22-24)20(25)23-15-9-16(28-3)11-18(10-15)29(26,27)17-7-5-14(21)6-8-17/h5-12H,4H2,1-3H3,(H,23,25). The number of hydrogen-bond acceptors (Lipinski definition) is 5. The van der Waals surface area contributed by atoms with Gasteiger partial charge in [0.05, 0.1) is 28.7 Å². The molecule has 0 saturated carbocycles. The summed E-state index contributed by atoms with van der Waals surface area (Å²) >= 11 is 5.85. The molecule has 0 aliphatic rings. The maximum absolute atomic E-state index is 13.0. The number of hydrogen-bond donors (Lipinski definition) is 1. The van der Waals surface area contributed by atoms with Crippen molar-refractivity contribution in [3.8, 4) is 5.75 Å². The number of ether oxygens (including phenoxy) is 1. The van der Waals surface area contributed by atoms with Gasteiger partial charge in [0.15, 0.2) is 0 Å². The van der Waals surface area contributed by atoms with E-state index in [0.29, 0.717) is 28.6 Å². The van der Waals surface area contributed by atoms with Crippen LogP contribution in [0.1, 0.15) is 23.0 Å². The molecule has 7 nitrogen and oxygen atoms in total. The first-order valence-electron chi connectivity index (χ1n) is 8.79. The summed E-state index contributed by atoms with van der Waals surface area (Å²) in [4.78, 5) is 12.7. The van der Waals surface area contributed by atoms with Crippen molar-refractivity contribution in [3.63, 3.8) is 0 Å². The van der Waals surface area contributed by atoms with Crippen molar-refractivity contribution in [1.29, 1.82) is 0 Å². The number of benzene rings is 2. The van der Waals surface area contributed by atoms with Crippen LogP contribution >= 0.6 is 11.6 Å². The highest BCUT2D eigenvalue weighted by Gasteiger charge is 2.21. The molecule has 0 saturated heterocycles. The highest BCUT2D eigenvalue weighted by atomic mass is 35.5. The molecule has 0 aliphatic carbocycles. The number of anilines is 1. The minimum atomic E-state index is -3.83. The minimum absolute atomic E-state index is 0.00422. The Kier molecular flexibility index (Phi) is 5.95. The molecule has 2 aromatic carbocycles. The highest BCUT2D eigenvalue weighted by molar-refractivity contribution is 7.91. The lowest BCUT2D eigenvalue weighted by atomic mass is 10.2. The summed E-state index contributed by atoms with van der Waals surface area (Å²) in [6, 6.07) is 10.2. The van der Waals surface area contributed by atoms with Gasteiger partial charge in [-0.05, 0) is 50.2 Å². The summed E-state index contributed by atoms with van der Waals surface area (Å²) in [5.74, 6) is -0.0818. The average molecular weight is 434 g/mol. The number of aromatic nitrogens is 2. The van der Waals surface area contributed by atoms with Gasteiger partial charge in [0.2, 0.25) is 9.84 Å². The number of aryl methyl sites for hydroxylation is 1. The molecule has 1 amide bonds. The zero-order valence-corrected chi connectivity index (χ0v) is 17.7. The van der Waals surface area contributed by atoms with Crippen LogP contribution in [0.4, 0.5) is 5.69 Å². The average Bonchev–Trinajstić information content (AvgIpc) is 3.08. The summed E-state index contributed by atoms with van der Waals surface area (Å²) in [6.07, 6.45) is 1.49. The predicted octanol–water partition coefficient (Wildman–Crippen LogP) is 3.96. The normalized spacial score (nSPS) is 11.3. The Hall–Kier alpha value is -2.84. The van der Waals surface area contributed by atoms with E-state index in [2.05, 4.69) is 10.4 Å². The predicted molar refractivity (Wildman–Crippen MR) is 110 cm³/mol. The van der Waals surface area contributed by atoms with Gasteiger partial charge in [0.1, 0.15) is 5.75 Å². The Morgan fingerprint density at radius 1 is 1.17 bits per heavy atom. The first-order chi connectivity index (χ1) is 13.8. The molecule has 29 heavy (non-hydrogen) atoms. The monoisotopic (exact) mass is 433 g/mol. The third kappa shape index (κ3) is 4.28. The van der Waals surface area contributed by atoms with Gasteiger partial charge < -0.3 is 10.1 Å². The molecule has 1 heterocycles. The van der Waals surface area contributed by atoms with E-state index < -0.39 is 9.84 Å².